The molecule has 0 spiro atoms. The summed E-state index contributed by atoms with van der Waals surface area (Å²) in [5.74, 6) is 0.00412. The molecule has 0 radical (unpaired) electrons. The van der Waals surface area contributed by atoms with Crippen molar-refractivity contribution in [3.63, 3.8) is 0 Å². The summed E-state index contributed by atoms with van der Waals surface area (Å²) in [6, 6.07) is 4.96. The van der Waals surface area contributed by atoms with Crippen molar-refractivity contribution in [1.82, 2.24) is 0 Å². The van der Waals surface area contributed by atoms with Gasteiger partial charge >= 0.3 is 0 Å². The van der Waals surface area contributed by atoms with Gasteiger partial charge in [0.25, 0.3) is 5.69 Å². The van der Waals surface area contributed by atoms with Crippen molar-refractivity contribution in [2.75, 3.05) is 0 Å². The maximum atomic E-state index is 11.9. The molecule has 0 saturated carbocycles. The van der Waals surface area contributed by atoms with Crippen molar-refractivity contribution < 1.29 is 9.72 Å². The van der Waals surface area contributed by atoms with Gasteiger partial charge in [-0.25, -0.2) is 0 Å². The van der Waals surface area contributed by atoms with Gasteiger partial charge in [0.1, 0.15) is 5.78 Å². The van der Waals surface area contributed by atoms with Crippen LogP contribution in [0.25, 0.3) is 0 Å². The number of benzene rings is 1. The smallest absolute Gasteiger partial charge is 0.273 e. The van der Waals surface area contributed by atoms with Gasteiger partial charge in [0.2, 0.25) is 0 Å². The molecule has 0 aliphatic carbocycles. The van der Waals surface area contributed by atoms with E-state index in [1.165, 1.54) is 6.07 Å². The van der Waals surface area contributed by atoms with Gasteiger partial charge in [-0.2, -0.15) is 0 Å². The Labute approximate surface area is 101 Å². The van der Waals surface area contributed by atoms with Crippen LogP contribution in [0.4, 0.5) is 5.69 Å². The first-order valence-electron chi connectivity index (χ1n) is 5.49. The second kappa shape index (κ2) is 4.65. The monoisotopic (exact) mass is 235 g/mol. The lowest BCUT2D eigenvalue weighted by Gasteiger charge is -2.16. The van der Waals surface area contributed by atoms with E-state index in [2.05, 4.69) is 0 Å². The first-order valence-corrected chi connectivity index (χ1v) is 5.49. The van der Waals surface area contributed by atoms with Crippen LogP contribution in [-0.4, -0.2) is 10.7 Å². The first kappa shape index (κ1) is 13.4. The zero-order valence-electron chi connectivity index (χ0n) is 10.6. The Morgan fingerprint density at radius 1 is 1.35 bits per heavy atom. The minimum absolute atomic E-state index is 0.00412. The van der Waals surface area contributed by atoms with E-state index in [-0.39, 0.29) is 17.9 Å². The fraction of sp³-hybridized carbons (Fsp3) is 0.462. The molecule has 1 aromatic carbocycles. The molecule has 92 valence electrons. The predicted molar refractivity (Wildman–Crippen MR) is 66.0 cm³/mol. The second-order valence-electron chi connectivity index (χ2n) is 5.24. The Hall–Kier alpha value is -1.71. The third-order valence-corrected chi connectivity index (χ3v) is 2.63. The Balaban J connectivity index is 3.07. The van der Waals surface area contributed by atoms with Crippen LogP contribution in [0, 0.1) is 22.5 Å². The average molecular weight is 235 g/mol. The fourth-order valence-corrected chi connectivity index (χ4v) is 1.43. The number of nitro groups is 1. The topological polar surface area (TPSA) is 60.2 Å². The van der Waals surface area contributed by atoms with E-state index >= 15 is 0 Å². The number of Topliss-reactive ketones (excluding diaryl/α,β-unsaturated/α-hetero) is 1. The van der Waals surface area contributed by atoms with Gasteiger partial charge in [0, 0.05) is 23.5 Å². The molecule has 4 heteroatoms. The highest BCUT2D eigenvalue weighted by Crippen LogP contribution is 2.24. The van der Waals surface area contributed by atoms with Crippen LogP contribution in [0.3, 0.4) is 0 Å². The largest absolute Gasteiger partial charge is 0.299 e. The SMILES string of the molecule is Cc1ccc(CC(=O)C(C)(C)C)c([N+](=O)[O-])c1. The molecule has 0 aromatic heterocycles. The summed E-state index contributed by atoms with van der Waals surface area (Å²) in [5, 5.41) is 10.9. The lowest BCUT2D eigenvalue weighted by Crippen LogP contribution is -2.22. The molecule has 0 heterocycles. The van der Waals surface area contributed by atoms with Gasteiger partial charge in [0.05, 0.1) is 4.92 Å². The van der Waals surface area contributed by atoms with Crippen LogP contribution in [0.15, 0.2) is 18.2 Å². The van der Waals surface area contributed by atoms with Gasteiger partial charge in [-0.1, -0.05) is 32.9 Å². The second-order valence-corrected chi connectivity index (χ2v) is 5.24. The summed E-state index contributed by atoms with van der Waals surface area (Å²) in [6.07, 6.45) is 0.111. The van der Waals surface area contributed by atoms with Gasteiger partial charge in [-0.3, -0.25) is 14.9 Å². The fourth-order valence-electron chi connectivity index (χ4n) is 1.43. The summed E-state index contributed by atoms with van der Waals surface area (Å²) in [4.78, 5) is 22.3. The molecule has 0 bridgehead atoms. The number of nitrogens with zero attached hydrogens (tertiary/aromatic N) is 1. The van der Waals surface area contributed by atoms with Gasteiger partial charge in [-0.05, 0) is 12.5 Å². The van der Waals surface area contributed by atoms with Crippen LogP contribution in [0.2, 0.25) is 0 Å². The number of nitro benzene ring substituents is 1. The van der Waals surface area contributed by atoms with Gasteiger partial charge in [-0.15, -0.1) is 0 Å². The molecule has 0 saturated heterocycles. The van der Waals surface area contributed by atoms with Crippen molar-refractivity contribution in [3.05, 3.63) is 39.4 Å². The van der Waals surface area contributed by atoms with Crippen molar-refractivity contribution >= 4 is 11.5 Å². The molecule has 0 fully saturated rings. The quantitative estimate of drug-likeness (QED) is 0.597. The van der Waals surface area contributed by atoms with E-state index in [0.29, 0.717) is 5.56 Å². The number of hydrogen-bond donors (Lipinski definition) is 0. The maximum absolute atomic E-state index is 11.9. The van der Waals surface area contributed by atoms with E-state index in [1.54, 1.807) is 19.1 Å². The summed E-state index contributed by atoms with van der Waals surface area (Å²) in [7, 11) is 0. The molecule has 0 aliphatic heterocycles. The molecule has 0 aliphatic rings. The normalized spacial score (nSPS) is 11.3. The Bertz CT molecular complexity index is 458. The number of aryl methyl sites for hydroxylation is 1. The molecule has 4 nitrogen and oxygen atoms in total. The van der Waals surface area contributed by atoms with Crippen molar-refractivity contribution in [2.45, 2.75) is 34.1 Å². The first-order chi connectivity index (χ1) is 7.71. The number of hydrogen-bond acceptors (Lipinski definition) is 3. The molecule has 1 rings (SSSR count). The predicted octanol–water partition coefficient (Wildman–Crippen LogP) is 3.06. The Morgan fingerprint density at radius 2 is 1.94 bits per heavy atom. The molecular weight excluding hydrogens is 218 g/mol. The third kappa shape index (κ3) is 3.37. The molecule has 0 N–H and O–H groups in total. The zero-order valence-corrected chi connectivity index (χ0v) is 10.6. The van der Waals surface area contributed by atoms with Crippen molar-refractivity contribution in [3.8, 4) is 0 Å². The van der Waals surface area contributed by atoms with Gasteiger partial charge < -0.3 is 0 Å². The molecule has 0 unspecified atom stereocenters. The van der Waals surface area contributed by atoms with Crippen LogP contribution < -0.4 is 0 Å². The summed E-state index contributed by atoms with van der Waals surface area (Å²) in [5.41, 5.74) is 0.866. The zero-order chi connectivity index (χ0) is 13.2. The van der Waals surface area contributed by atoms with E-state index in [4.69, 9.17) is 0 Å². The van der Waals surface area contributed by atoms with Crippen LogP contribution >= 0.6 is 0 Å². The maximum Gasteiger partial charge on any atom is 0.273 e. The highest BCUT2D eigenvalue weighted by molar-refractivity contribution is 5.86. The van der Waals surface area contributed by atoms with Crippen LogP contribution in [0.5, 0.6) is 0 Å². The summed E-state index contributed by atoms with van der Waals surface area (Å²) >= 11 is 0. The third-order valence-electron chi connectivity index (χ3n) is 2.63. The van der Waals surface area contributed by atoms with Crippen LogP contribution in [0.1, 0.15) is 31.9 Å². The minimum atomic E-state index is -0.473. The summed E-state index contributed by atoms with van der Waals surface area (Å²) in [6.45, 7) is 7.24. The Kier molecular flexibility index (Phi) is 3.66. The molecule has 0 amide bonds. The van der Waals surface area contributed by atoms with E-state index < -0.39 is 10.3 Å². The van der Waals surface area contributed by atoms with E-state index in [1.807, 2.05) is 20.8 Å². The van der Waals surface area contributed by atoms with Crippen LogP contribution in [-0.2, 0) is 11.2 Å². The lowest BCUT2D eigenvalue weighted by molar-refractivity contribution is -0.385. The van der Waals surface area contributed by atoms with Crippen molar-refractivity contribution in [2.24, 2.45) is 5.41 Å². The molecule has 1 aromatic rings. The van der Waals surface area contributed by atoms with Crippen molar-refractivity contribution in [1.29, 1.82) is 0 Å². The van der Waals surface area contributed by atoms with Gasteiger partial charge in [0.15, 0.2) is 0 Å². The minimum Gasteiger partial charge on any atom is -0.299 e. The number of carbonyl (C=O) groups excluding carboxylic acids is 1. The summed E-state index contributed by atoms with van der Waals surface area (Å²) < 4.78 is 0. The van der Waals surface area contributed by atoms with E-state index in [9.17, 15) is 14.9 Å². The number of carbonyl (C=O) groups is 1. The number of rotatable bonds is 3. The Morgan fingerprint density at radius 3 is 2.41 bits per heavy atom. The average Bonchev–Trinajstić information content (AvgIpc) is 2.18. The number of ketones is 1. The highest BCUT2D eigenvalue weighted by Gasteiger charge is 2.24. The highest BCUT2D eigenvalue weighted by atomic mass is 16.6. The molecule has 0 atom stereocenters. The van der Waals surface area contributed by atoms with E-state index in [0.717, 1.165) is 5.56 Å². The molecule has 17 heavy (non-hydrogen) atoms. The standard InChI is InChI=1S/C13H17NO3/c1-9-5-6-10(11(7-9)14(16)17)8-12(15)13(2,3)4/h5-7H,8H2,1-4H3. The lowest BCUT2D eigenvalue weighted by atomic mass is 9.86. The molecular formula is C13H17NO3.